The zero-order valence-electron chi connectivity index (χ0n) is 21.6. The molecule has 2 saturated carbocycles. The standard InChI is InChI=1S/C28H31N7O3S/c29-14-12-19-8-10-21(11-9-19)35-26(18-38-33-25(30)16-20-6-7-20)32-24-17-31-28-23(27(24)35)13-15-34(28)39(36,37)22-4-2-1-3-5-22/h1-5,13,15,17,19-21H,6-12,16,18H2,(H2,30,33)/t19-,21-. The smallest absolute Gasteiger partial charge is 0.269 e. The molecule has 11 heteroatoms. The molecule has 0 saturated heterocycles. The van der Waals surface area contributed by atoms with Gasteiger partial charge < -0.3 is 4.57 Å². The highest BCUT2D eigenvalue weighted by Gasteiger charge is 2.29. The summed E-state index contributed by atoms with van der Waals surface area (Å²) in [5, 5.41) is 18.0. The Labute approximate surface area is 227 Å². The average Bonchev–Trinajstić information content (AvgIpc) is 3.51. The Morgan fingerprint density at radius 1 is 1.10 bits per heavy atom. The van der Waals surface area contributed by atoms with Crippen molar-refractivity contribution in [3.63, 3.8) is 0 Å². The Kier molecular flexibility index (Phi) is 6.83. The third-order valence-corrected chi connectivity index (χ3v) is 9.53. The summed E-state index contributed by atoms with van der Waals surface area (Å²) in [4.78, 5) is 15.3. The molecule has 39 heavy (non-hydrogen) atoms. The first-order valence-corrected chi connectivity index (χ1v) is 14.9. The number of nitrogens with zero attached hydrogens (tertiary/aromatic N) is 5. The summed E-state index contributed by atoms with van der Waals surface area (Å²) in [6.45, 7) is 0.157. The molecular formula is C28H31N7O3S. The Hall–Kier alpha value is -3.75. The van der Waals surface area contributed by atoms with Crippen LogP contribution in [0.15, 0.2) is 53.7 Å². The van der Waals surface area contributed by atoms with Gasteiger partial charge in [0.15, 0.2) is 5.65 Å². The Morgan fingerprint density at radius 3 is 2.56 bits per heavy atom. The van der Waals surface area contributed by atoms with Crippen molar-refractivity contribution in [2.75, 3.05) is 0 Å². The fourth-order valence-electron chi connectivity index (χ4n) is 5.67. The van der Waals surface area contributed by atoms with Crippen molar-refractivity contribution in [1.82, 2.24) is 24.0 Å². The molecule has 0 bridgehead atoms. The molecule has 4 aromatic rings. The number of hydrogen-bond acceptors (Lipinski definition) is 7. The van der Waals surface area contributed by atoms with Crippen molar-refractivity contribution in [3.8, 4) is 6.07 Å². The molecule has 2 aliphatic rings. The summed E-state index contributed by atoms with van der Waals surface area (Å²) < 4.78 is 30.3. The fraction of sp³-hybridized carbons (Fsp3) is 0.429. The van der Waals surface area contributed by atoms with Crippen molar-refractivity contribution in [2.45, 2.75) is 68.9 Å². The maximum atomic E-state index is 13.4. The van der Waals surface area contributed by atoms with Gasteiger partial charge in [0, 0.05) is 30.5 Å². The molecule has 0 aliphatic heterocycles. The molecule has 10 nitrogen and oxygen atoms in total. The number of pyridine rings is 1. The largest absolute Gasteiger partial charge is 0.322 e. The lowest BCUT2D eigenvalue weighted by Gasteiger charge is -2.30. The second-order valence-electron chi connectivity index (χ2n) is 10.6. The van der Waals surface area contributed by atoms with Gasteiger partial charge in [-0.25, -0.2) is 22.4 Å². The van der Waals surface area contributed by atoms with Gasteiger partial charge in [-0.05, 0) is 68.6 Å². The predicted octanol–water partition coefficient (Wildman–Crippen LogP) is 5.07. The van der Waals surface area contributed by atoms with E-state index < -0.39 is 10.0 Å². The molecule has 0 spiro atoms. The highest BCUT2D eigenvalue weighted by atomic mass is 32.2. The number of imidazole rings is 1. The SMILES string of the molecule is N#CC[C@H]1CC[C@H](n2c(CONC(=N)CC3CC3)nc3cnc4c(ccn4S(=O)(=O)c4ccccc4)c32)CC1. The molecule has 6 rings (SSSR count). The lowest BCUT2D eigenvalue weighted by Crippen LogP contribution is -2.25. The molecule has 0 amide bonds. The van der Waals surface area contributed by atoms with Crippen LogP contribution in [0.5, 0.6) is 0 Å². The monoisotopic (exact) mass is 545 g/mol. The Morgan fingerprint density at radius 2 is 1.85 bits per heavy atom. The quantitative estimate of drug-likeness (QED) is 0.170. The molecule has 3 heterocycles. The van der Waals surface area contributed by atoms with Crippen LogP contribution in [-0.2, 0) is 21.5 Å². The number of nitrogens with one attached hydrogen (secondary N) is 2. The zero-order chi connectivity index (χ0) is 27.0. The number of amidine groups is 1. The van der Waals surface area contributed by atoms with E-state index in [9.17, 15) is 8.42 Å². The van der Waals surface area contributed by atoms with Gasteiger partial charge in [-0.1, -0.05) is 18.2 Å². The minimum absolute atomic E-state index is 0.133. The average molecular weight is 546 g/mol. The first-order valence-electron chi connectivity index (χ1n) is 13.5. The van der Waals surface area contributed by atoms with E-state index in [-0.39, 0.29) is 17.5 Å². The third-order valence-electron chi connectivity index (χ3n) is 7.85. The molecule has 2 fully saturated rings. The third kappa shape index (κ3) is 5.02. The number of benzene rings is 1. The van der Waals surface area contributed by atoms with Crippen LogP contribution in [0.3, 0.4) is 0 Å². The molecule has 1 aromatic carbocycles. The van der Waals surface area contributed by atoms with Crippen molar-refractivity contribution >= 4 is 37.9 Å². The minimum atomic E-state index is -3.83. The Balaban J connectivity index is 1.38. The summed E-state index contributed by atoms with van der Waals surface area (Å²) in [6.07, 6.45) is 10.4. The number of aromatic nitrogens is 4. The zero-order valence-corrected chi connectivity index (χ0v) is 22.4. The molecule has 202 valence electrons. The summed E-state index contributed by atoms with van der Waals surface area (Å²) in [6, 6.07) is 12.6. The van der Waals surface area contributed by atoms with Crippen molar-refractivity contribution in [2.24, 2.45) is 11.8 Å². The number of hydrogen-bond donors (Lipinski definition) is 2. The second-order valence-corrected chi connectivity index (χ2v) is 12.4. The summed E-state index contributed by atoms with van der Waals surface area (Å²) in [5.41, 5.74) is 4.63. The van der Waals surface area contributed by atoms with Gasteiger partial charge in [-0.3, -0.25) is 15.7 Å². The number of rotatable bonds is 9. The van der Waals surface area contributed by atoms with E-state index in [1.165, 1.54) is 3.97 Å². The minimum Gasteiger partial charge on any atom is -0.322 e. The first-order chi connectivity index (χ1) is 19.0. The fourth-order valence-corrected chi connectivity index (χ4v) is 6.99. The van der Waals surface area contributed by atoms with E-state index in [0.717, 1.165) is 44.0 Å². The van der Waals surface area contributed by atoms with E-state index in [0.29, 0.717) is 52.9 Å². The predicted molar refractivity (Wildman–Crippen MR) is 146 cm³/mol. The van der Waals surface area contributed by atoms with Crippen LogP contribution in [0.25, 0.3) is 22.1 Å². The number of nitriles is 1. The van der Waals surface area contributed by atoms with Gasteiger partial charge in [0.25, 0.3) is 10.0 Å². The number of fused-ring (bicyclic) bond motifs is 3. The van der Waals surface area contributed by atoms with Crippen LogP contribution in [0.2, 0.25) is 0 Å². The van der Waals surface area contributed by atoms with Crippen LogP contribution in [0, 0.1) is 28.6 Å². The van der Waals surface area contributed by atoms with E-state index in [4.69, 9.17) is 20.5 Å². The van der Waals surface area contributed by atoms with Crippen LogP contribution in [0.1, 0.15) is 63.2 Å². The van der Waals surface area contributed by atoms with Crippen LogP contribution in [0.4, 0.5) is 0 Å². The van der Waals surface area contributed by atoms with Crippen molar-refractivity contribution in [1.29, 1.82) is 10.7 Å². The van der Waals surface area contributed by atoms with E-state index >= 15 is 0 Å². The molecule has 3 aromatic heterocycles. The van der Waals surface area contributed by atoms with Crippen LogP contribution >= 0.6 is 0 Å². The Bertz CT molecular complexity index is 1660. The van der Waals surface area contributed by atoms with Gasteiger partial charge in [0.05, 0.1) is 22.7 Å². The van der Waals surface area contributed by atoms with E-state index in [2.05, 4.69) is 21.1 Å². The summed E-state index contributed by atoms with van der Waals surface area (Å²) >= 11 is 0. The molecule has 2 aliphatic carbocycles. The number of hydroxylamine groups is 1. The van der Waals surface area contributed by atoms with Gasteiger partial charge in [-0.15, -0.1) is 0 Å². The molecule has 0 unspecified atom stereocenters. The van der Waals surface area contributed by atoms with Crippen molar-refractivity contribution < 1.29 is 13.3 Å². The highest BCUT2D eigenvalue weighted by Crippen LogP contribution is 2.38. The maximum Gasteiger partial charge on any atom is 0.269 e. The van der Waals surface area contributed by atoms with E-state index in [1.807, 2.05) is 0 Å². The topological polar surface area (TPSA) is 139 Å². The molecular weight excluding hydrogens is 514 g/mol. The summed E-state index contributed by atoms with van der Waals surface area (Å²) in [5.74, 6) is 2.04. The second kappa shape index (κ2) is 10.4. The van der Waals surface area contributed by atoms with Crippen LogP contribution < -0.4 is 5.48 Å². The van der Waals surface area contributed by atoms with Gasteiger partial charge in [0.2, 0.25) is 0 Å². The van der Waals surface area contributed by atoms with Gasteiger partial charge in [-0.2, -0.15) is 5.26 Å². The highest BCUT2D eigenvalue weighted by molar-refractivity contribution is 7.90. The van der Waals surface area contributed by atoms with Crippen LogP contribution in [-0.4, -0.2) is 32.8 Å². The molecule has 0 atom stereocenters. The van der Waals surface area contributed by atoms with E-state index in [1.54, 1.807) is 48.8 Å². The molecule has 0 radical (unpaired) electrons. The molecule has 2 N–H and O–H groups in total. The first kappa shape index (κ1) is 25.5. The maximum absolute atomic E-state index is 13.4. The van der Waals surface area contributed by atoms with Crippen molar-refractivity contribution in [3.05, 3.63) is 54.6 Å². The summed E-state index contributed by atoms with van der Waals surface area (Å²) in [7, 11) is -3.83. The normalized spacial score (nSPS) is 19.8. The lowest BCUT2D eigenvalue weighted by molar-refractivity contribution is 0.0610. The van der Waals surface area contributed by atoms with Gasteiger partial charge in [0.1, 0.15) is 23.8 Å². The lowest BCUT2D eigenvalue weighted by atomic mass is 9.84. The van der Waals surface area contributed by atoms with Gasteiger partial charge >= 0.3 is 0 Å².